The number of hydrogen-bond acceptors (Lipinski definition) is 4. The van der Waals surface area contributed by atoms with Crippen molar-refractivity contribution in [1.82, 2.24) is 20.4 Å². The molecule has 1 aliphatic rings. The van der Waals surface area contributed by atoms with Crippen molar-refractivity contribution in [1.29, 1.82) is 0 Å². The van der Waals surface area contributed by atoms with Gasteiger partial charge in [0.1, 0.15) is 0 Å². The first-order valence-electron chi connectivity index (χ1n) is 7.80. The van der Waals surface area contributed by atoms with Crippen LogP contribution in [0.1, 0.15) is 25.5 Å². The fraction of sp³-hybridized carbons (Fsp3) is 0.562. The van der Waals surface area contributed by atoms with Crippen LogP contribution in [0.2, 0.25) is 0 Å². The molecule has 2 aromatic rings. The number of aromatic nitrogens is 2. The molecular weight excluding hydrogens is 264 g/mol. The van der Waals surface area contributed by atoms with Crippen LogP contribution in [0, 0.1) is 0 Å². The number of nitrogens with zero attached hydrogens (tertiary/aromatic N) is 2. The Morgan fingerprint density at radius 2 is 2.29 bits per heavy atom. The number of piperidine rings is 1. The first-order valence-corrected chi connectivity index (χ1v) is 7.80. The first-order chi connectivity index (χ1) is 10.2. The molecule has 0 radical (unpaired) electrons. The monoisotopic (exact) mass is 288 g/mol. The highest BCUT2D eigenvalue weighted by molar-refractivity contribution is 5.81. The summed E-state index contributed by atoms with van der Waals surface area (Å²) < 4.78 is 2.03. The van der Waals surface area contributed by atoms with Crippen LogP contribution in [0.5, 0.6) is 0 Å². The fourth-order valence-electron chi connectivity index (χ4n) is 3.08. The average molecular weight is 288 g/mol. The maximum atomic E-state index is 10.5. The summed E-state index contributed by atoms with van der Waals surface area (Å²) in [4.78, 5) is 0. The summed E-state index contributed by atoms with van der Waals surface area (Å²) in [5.74, 6) is 0. The van der Waals surface area contributed by atoms with E-state index >= 15 is 0 Å². The SMILES string of the molecule is CCn1nc(CNCC2(O)CCCNC2)c2ccccc21. The molecule has 1 atom stereocenters. The largest absolute Gasteiger partial charge is 0.387 e. The molecule has 0 spiro atoms. The van der Waals surface area contributed by atoms with Crippen LogP contribution in [0.15, 0.2) is 24.3 Å². The molecule has 2 heterocycles. The third-order valence-corrected chi connectivity index (χ3v) is 4.23. The number of hydrogen-bond donors (Lipinski definition) is 3. The molecule has 5 nitrogen and oxygen atoms in total. The van der Waals surface area contributed by atoms with Crippen molar-refractivity contribution in [2.75, 3.05) is 19.6 Å². The van der Waals surface area contributed by atoms with Crippen LogP contribution >= 0.6 is 0 Å². The molecule has 0 aliphatic carbocycles. The molecule has 1 aliphatic heterocycles. The van der Waals surface area contributed by atoms with E-state index in [4.69, 9.17) is 0 Å². The van der Waals surface area contributed by atoms with Gasteiger partial charge in [0.05, 0.1) is 16.8 Å². The van der Waals surface area contributed by atoms with Gasteiger partial charge in [-0.2, -0.15) is 5.10 Å². The van der Waals surface area contributed by atoms with Gasteiger partial charge < -0.3 is 15.7 Å². The van der Waals surface area contributed by atoms with Gasteiger partial charge in [0.15, 0.2) is 0 Å². The fourth-order valence-corrected chi connectivity index (χ4v) is 3.08. The first kappa shape index (κ1) is 14.5. The van der Waals surface area contributed by atoms with Gasteiger partial charge in [0, 0.05) is 31.6 Å². The molecule has 114 valence electrons. The van der Waals surface area contributed by atoms with Gasteiger partial charge in [-0.1, -0.05) is 18.2 Å². The van der Waals surface area contributed by atoms with E-state index in [0.717, 1.165) is 31.6 Å². The zero-order valence-corrected chi connectivity index (χ0v) is 12.6. The third-order valence-electron chi connectivity index (χ3n) is 4.23. The van der Waals surface area contributed by atoms with Gasteiger partial charge in [-0.25, -0.2) is 0 Å². The lowest BCUT2D eigenvalue weighted by molar-refractivity contribution is 0.0168. The summed E-state index contributed by atoms with van der Waals surface area (Å²) in [7, 11) is 0. The number of nitrogens with one attached hydrogen (secondary N) is 2. The van der Waals surface area contributed by atoms with Crippen molar-refractivity contribution in [3.8, 4) is 0 Å². The number of aryl methyl sites for hydroxylation is 1. The molecule has 0 saturated carbocycles. The van der Waals surface area contributed by atoms with Gasteiger partial charge in [-0.05, 0) is 32.4 Å². The molecule has 3 N–H and O–H groups in total. The van der Waals surface area contributed by atoms with E-state index in [1.807, 2.05) is 16.8 Å². The molecular formula is C16H24N4O. The van der Waals surface area contributed by atoms with Crippen molar-refractivity contribution in [3.63, 3.8) is 0 Å². The Kier molecular flexibility index (Phi) is 4.24. The van der Waals surface area contributed by atoms with Crippen LogP contribution in [0.4, 0.5) is 0 Å². The second kappa shape index (κ2) is 6.13. The Labute approximate surface area is 125 Å². The molecule has 0 bridgehead atoms. The lowest BCUT2D eigenvalue weighted by Crippen LogP contribution is -2.51. The van der Waals surface area contributed by atoms with Crippen LogP contribution in [0.25, 0.3) is 10.9 Å². The molecule has 3 rings (SSSR count). The average Bonchev–Trinajstić information content (AvgIpc) is 2.86. The van der Waals surface area contributed by atoms with Crippen molar-refractivity contribution >= 4 is 10.9 Å². The smallest absolute Gasteiger partial charge is 0.0895 e. The van der Waals surface area contributed by atoms with Gasteiger partial charge in [0.2, 0.25) is 0 Å². The second-order valence-corrected chi connectivity index (χ2v) is 5.89. The second-order valence-electron chi connectivity index (χ2n) is 5.89. The number of para-hydroxylation sites is 1. The maximum absolute atomic E-state index is 10.5. The standard InChI is InChI=1S/C16H24N4O/c1-2-20-15-7-4-3-6-13(15)14(19-20)10-18-12-16(21)8-5-9-17-11-16/h3-4,6-7,17-18,21H,2,5,8-12H2,1H3. The van der Waals surface area contributed by atoms with E-state index in [0.29, 0.717) is 19.6 Å². The van der Waals surface area contributed by atoms with E-state index in [9.17, 15) is 5.11 Å². The van der Waals surface area contributed by atoms with Crippen molar-refractivity contribution in [3.05, 3.63) is 30.0 Å². The van der Waals surface area contributed by atoms with Gasteiger partial charge in [0.25, 0.3) is 0 Å². The number of benzene rings is 1. The molecule has 5 heteroatoms. The van der Waals surface area contributed by atoms with E-state index in [1.54, 1.807) is 0 Å². The Balaban J connectivity index is 1.68. The van der Waals surface area contributed by atoms with Crippen LogP contribution in [0.3, 0.4) is 0 Å². The summed E-state index contributed by atoms with van der Waals surface area (Å²) in [5, 5.41) is 23.0. The van der Waals surface area contributed by atoms with Crippen molar-refractivity contribution in [2.45, 2.75) is 38.5 Å². The van der Waals surface area contributed by atoms with Gasteiger partial charge in [-0.15, -0.1) is 0 Å². The topological polar surface area (TPSA) is 62.1 Å². The quantitative estimate of drug-likeness (QED) is 0.775. The number of fused-ring (bicyclic) bond motifs is 1. The molecule has 0 amide bonds. The summed E-state index contributed by atoms with van der Waals surface area (Å²) in [6, 6.07) is 8.31. The van der Waals surface area contributed by atoms with Crippen molar-refractivity contribution in [2.24, 2.45) is 0 Å². The zero-order chi connectivity index (χ0) is 14.7. The zero-order valence-electron chi connectivity index (χ0n) is 12.6. The highest BCUT2D eigenvalue weighted by Crippen LogP contribution is 2.19. The minimum absolute atomic E-state index is 0.604. The summed E-state index contributed by atoms with van der Waals surface area (Å²) >= 11 is 0. The lowest BCUT2D eigenvalue weighted by Gasteiger charge is -2.32. The Morgan fingerprint density at radius 1 is 1.43 bits per heavy atom. The molecule has 1 fully saturated rings. The maximum Gasteiger partial charge on any atom is 0.0895 e. The van der Waals surface area contributed by atoms with E-state index in [-0.39, 0.29) is 0 Å². The predicted octanol–water partition coefficient (Wildman–Crippen LogP) is 1.26. The van der Waals surface area contributed by atoms with Crippen LogP contribution in [-0.4, -0.2) is 40.1 Å². The molecule has 1 aromatic carbocycles. The van der Waals surface area contributed by atoms with Gasteiger partial charge in [-0.3, -0.25) is 4.68 Å². The minimum Gasteiger partial charge on any atom is -0.387 e. The van der Waals surface area contributed by atoms with Crippen LogP contribution in [-0.2, 0) is 13.1 Å². The Morgan fingerprint density at radius 3 is 3.05 bits per heavy atom. The highest BCUT2D eigenvalue weighted by atomic mass is 16.3. The van der Waals surface area contributed by atoms with Gasteiger partial charge >= 0.3 is 0 Å². The van der Waals surface area contributed by atoms with Crippen molar-refractivity contribution < 1.29 is 5.11 Å². The summed E-state index contributed by atoms with van der Waals surface area (Å²) in [5.41, 5.74) is 1.61. The highest BCUT2D eigenvalue weighted by Gasteiger charge is 2.28. The molecule has 1 aromatic heterocycles. The lowest BCUT2D eigenvalue weighted by atomic mass is 9.94. The predicted molar refractivity (Wildman–Crippen MR) is 84.2 cm³/mol. The molecule has 1 saturated heterocycles. The number of rotatable bonds is 5. The normalized spacial score (nSPS) is 22.8. The molecule has 1 unspecified atom stereocenters. The third kappa shape index (κ3) is 3.10. The summed E-state index contributed by atoms with van der Waals surface area (Å²) in [6.07, 6.45) is 1.89. The number of β-amino-alcohol motifs (C(OH)–C–C–N with tert-alkyl or cyclic N) is 1. The number of aliphatic hydroxyl groups is 1. The Hall–Kier alpha value is -1.43. The Bertz CT molecular complexity index is 601. The van der Waals surface area contributed by atoms with E-state index in [2.05, 4.69) is 34.8 Å². The van der Waals surface area contributed by atoms with E-state index in [1.165, 1.54) is 10.9 Å². The van der Waals surface area contributed by atoms with Crippen LogP contribution < -0.4 is 10.6 Å². The minimum atomic E-state index is -0.624. The van der Waals surface area contributed by atoms with E-state index < -0.39 is 5.60 Å². The summed E-state index contributed by atoms with van der Waals surface area (Å²) in [6.45, 7) is 5.95. The molecule has 21 heavy (non-hydrogen) atoms.